The van der Waals surface area contributed by atoms with Crippen LogP contribution >= 0.6 is 11.3 Å². The quantitative estimate of drug-likeness (QED) is 0.340. The Morgan fingerprint density at radius 3 is 2.51 bits per heavy atom. The fourth-order valence-electron chi connectivity index (χ4n) is 4.63. The fraction of sp³-hybridized carbons (Fsp3) is 0.286. The highest BCUT2D eigenvalue weighted by atomic mass is 32.1. The summed E-state index contributed by atoms with van der Waals surface area (Å²) in [7, 11) is 2.12. The van der Waals surface area contributed by atoms with Crippen LogP contribution in [0.25, 0.3) is 21.3 Å². The van der Waals surface area contributed by atoms with Crippen molar-refractivity contribution < 1.29 is 9.18 Å². The predicted octanol–water partition coefficient (Wildman–Crippen LogP) is 6.13. The second-order valence-corrected chi connectivity index (χ2v) is 10.2. The van der Waals surface area contributed by atoms with E-state index in [1.165, 1.54) is 25.1 Å². The molecule has 3 aromatic carbocycles. The number of benzene rings is 3. The average Bonchev–Trinajstić information content (AvgIpc) is 3.51. The number of carbonyl (C=O) groups is 1. The van der Waals surface area contributed by atoms with Crippen LogP contribution in [-0.4, -0.2) is 49.0 Å². The maximum Gasteiger partial charge on any atom is 0.255 e. The van der Waals surface area contributed by atoms with Gasteiger partial charge in [0, 0.05) is 31.4 Å². The van der Waals surface area contributed by atoms with Gasteiger partial charge < -0.3 is 15.1 Å². The van der Waals surface area contributed by atoms with E-state index in [0.29, 0.717) is 11.5 Å². The van der Waals surface area contributed by atoms with E-state index in [9.17, 15) is 9.18 Å². The molecule has 1 amide bonds. The Kier molecular flexibility index (Phi) is 6.79. The molecule has 1 aromatic heterocycles. The van der Waals surface area contributed by atoms with Crippen LogP contribution in [-0.2, 0) is 0 Å². The van der Waals surface area contributed by atoms with Gasteiger partial charge in [0.15, 0.2) is 5.13 Å². The number of nitrogens with zero attached hydrogens (tertiary/aromatic N) is 3. The smallest absolute Gasteiger partial charge is 0.255 e. The average molecular weight is 489 g/mol. The van der Waals surface area contributed by atoms with Gasteiger partial charge in [-0.05, 0) is 79.0 Å². The molecule has 5 rings (SSSR count). The molecule has 1 atom stereocenters. The van der Waals surface area contributed by atoms with E-state index in [4.69, 9.17) is 4.98 Å². The van der Waals surface area contributed by atoms with Crippen molar-refractivity contribution in [2.75, 3.05) is 43.4 Å². The van der Waals surface area contributed by atoms with Gasteiger partial charge in [0.25, 0.3) is 5.91 Å². The van der Waals surface area contributed by atoms with Crippen LogP contribution in [0.1, 0.15) is 23.7 Å². The van der Waals surface area contributed by atoms with Crippen molar-refractivity contribution in [1.82, 2.24) is 9.88 Å². The van der Waals surface area contributed by atoms with Gasteiger partial charge in [0.05, 0.1) is 10.2 Å². The molecule has 180 valence electrons. The third kappa shape index (κ3) is 5.36. The summed E-state index contributed by atoms with van der Waals surface area (Å²) in [6.07, 6.45) is 1.24. The second kappa shape index (κ2) is 10.1. The van der Waals surface area contributed by atoms with Gasteiger partial charge in [0.2, 0.25) is 0 Å². The van der Waals surface area contributed by atoms with Crippen molar-refractivity contribution in [2.24, 2.45) is 5.92 Å². The summed E-state index contributed by atoms with van der Waals surface area (Å²) in [4.78, 5) is 22.4. The third-order valence-electron chi connectivity index (χ3n) is 6.64. The number of hydrogen-bond donors (Lipinski definition) is 1. The summed E-state index contributed by atoms with van der Waals surface area (Å²) >= 11 is 1.66. The topological polar surface area (TPSA) is 48.5 Å². The van der Waals surface area contributed by atoms with Gasteiger partial charge >= 0.3 is 0 Å². The van der Waals surface area contributed by atoms with Crippen LogP contribution in [0.3, 0.4) is 0 Å². The molecule has 2 heterocycles. The Labute approximate surface area is 209 Å². The summed E-state index contributed by atoms with van der Waals surface area (Å²) in [5, 5.41) is 4.01. The molecular formula is C28H29FN4OS. The molecule has 1 aliphatic heterocycles. The van der Waals surface area contributed by atoms with Crippen molar-refractivity contribution in [1.29, 1.82) is 0 Å². The first-order valence-corrected chi connectivity index (χ1v) is 12.8. The summed E-state index contributed by atoms with van der Waals surface area (Å²) in [6.45, 7) is 6.70. The van der Waals surface area contributed by atoms with Crippen molar-refractivity contribution in [3.05, 3.63) is 78.1 Å². The van der Waals surface area contributed by atoms with E-state index in [1.54, 1.807) is 35.6 Å². The van der Waals surface area contributed by atoms with Gasteiger partial charge in [0.1, 0.15) is 5.82 Å². The number of likely N-dealkylation sites (tertiary alicyclic amines) is 1. The third-order valence-corrected chi connectivity index (χ3v) is 7.77. The van der Waals surface area contributed by atoms with E-state index in [0.717, 1.165) is 51.8 Å². The van der Waals surface area contributed by atoms with E-state index in [1.807, 2.05) is 30.3 Å². The number of thiazole rings is 1. The highest BCUT2D eigenvalue weighted by molar-refractivity contribution is 7.22. The number of anilines is 2. The second-order valence-electron chi connectivity index (χ2n) is 9.15. The first-order chi connectivity index (χ1) is 17.0. The first kappa shape index (κ1) is 23.5. The zero-order chi connectivity index (χ0) is 24.4. The molecule has 7 heteroatoms. The number of fused-ring (bicyclic) bond motifs is 1. The number of aromatic nitrogens is 1. The minimum Gasteiger partial charge on any atom is -0.351 e. The lowest BCUT2D eigenvalue weighted by molar-refractivity contribution is 0.102. The Hall–Kier alpha value is -3.29. The van der Waals surface area contributed by atoms with E-state index in [-0.39, 0.29) is 11.7 Å². The molecule has 1 unspecified atom stereocenters. The van der Waals surface area contributed by atoms with Crippen LogP contribution in [0.15, 0.2) is 66.7 Å². The first-order valence-electron chi connectivity index (χ1n) is 12.0. The lowest BCUT2D eigenvalue weighted by atomic mass is 10.0. The number of nitrogens with one attached hydrogen (secondary N) is 1. The lowest BCUT2D eigenvalue weighted by Crippen LogP contribution is -2.28. The Morgan fingerprint density at radius 2 is 1.83 bits per heavy atom. The number of halogens is 1. The molecule has 5 nitrogen and oxygen atoms in total. The van der Waals surface area contributed by atoms with Crippen molar-refractivity contribution in [3.63, 3.8) is 0 Å². The van der Waals surface area contributed by atoms with Gasteiger partial charge in [-0.2, -0.15) is 0 Å². The van der Waals surface area contributed by atoms with Gasteiger partial charge in [-0.25, -0.2) is 9.37 Å². The predicted molar refractivity (Wildman–Crippen MR) is 143 cm³/mol. The highest BCUT2D eigenvalue weighted by Gasteiger charge is 2.23. The Bertz CT molecular complexity index is 1320. The normalized spacial score (nSPS) is 16.0. The maximum absolute atomic E-state index is 13.2. The van der Waals surface area contributed by atoms with Crippen LogP contribution in [0.4, 0.5) is 15.2 Å². The van der Waals surface area contributed by atoms with Gasteiger partial charge in [-0.1, -0.05) is 42.5 Å². The summed E-state index contributed by atoms with van der Waals surface area (Å²) in [6, 6.07) is 19.5. The molecule has 4 aromatic rings. The molecule has 0 radical (unpaired) electrons. The van der Waals surface area contributed by atoms with E-state index < -0.39 is 0 Å². The van der Waals surface area contributed by atoms with Crippen LogP contribution in [0.2, 0.25) is 0 Å². The minimum absolute atomic E-state index is 0.168. The van der Waals surface area contributed by atoms with Crippen LogP contribution < -0.4 is 10.2 Å². The molecule has 0 bridgehead atoms. The number of rotatable bonds is 7. The minimum atomic E-state index is -0.265. The molecular weight excluding hydrogens is 459 g/mol. The van der Waals surface area contributed by atoms with Crippen molar-refractivity contribution >= 4 is 38.3 Å². The molecule has 35 heavy (non-hydrogen) atoms. The van der Waals surface area contributed by atoms with Gasteiger partial charge in [-0.3, -0.25) is 4.79 Å². The Morgan fingerprint density at radius 1 is 1.11 bits per heavy atom. The standard InChI is InChI=1S/C28H29FN4OS/c1-3-33-15-14-19(18-33)17-32(2)28-31-25-13-12-24(16-26(25)35-28)30-27(34)22-6-4-20(5-7-22)21-8-10-23(29)11-9-21/h4-13,16,19H,3,14-15,17-18H2,1-2H3,(H,30,34). The molecule has 1 N–H and O–H groups in total. The molecule has 1 fully saturated rings. The molecule has 0 aliphatic carbocycles. The van der Waals surface area contributed by atoms with Gasteiger partial charge in [-0.15, -0.1) is 0 Å². The lowest BCUT2D eigenvalue weighted by Gasteiger charge is -2.20. The van der Waals surface area contributed by atoms with Crippen LogP contribution in [0.5, 0.6) is 0 Å². The number of carbonyl (C=O) groups excluding carboxylic acids is 1. The fourth-order valence-corrected chi connectivity index (χ4v) is 5.60. The molecule has 0 saturated carbocycles. The monoisotopic (exact) mass is 488 g/mol. The molecule has 1 saturated heterocycles. The van der Waals surface area contributed by atoms with Crippen LogP contribution in [0, 0.1) is 11.7 Å². The SMILES string of the molecule is CCN1CCC(CN(C)c2nc3ccc(NC(=O)c4ccc(-c5ccc(F)cc5)cc4)cc3s2)C1. The number of hydrogen-bond acceptors (Lipinski definition) is 5. The van der Waals surface area contributed by atoms with E-state index in [2.05, 4.69) is 29.1 Å². The molecule has 1 aliphatic rings. The largest absolute Gasteiger partial charge is 0.351 e. The zero-order valence-corrected chi connectivity index (χ0v) is 20.8. The van der Waals surface area contributed by atoms with E-state index >= 15 is 0 Å². The highest BCUT2D eigenvalue weighted by Crippen LogP contribution is 2.31. The Balaban J connectivity index is 1.24. The zero-order valence-electron chi connectivity index (χ0n) is 20.0. The number of amides is 1. The summed E-state index contributed by atoms with van der Waals surface area (Å²) < 4.78 is 14.2. The van der Waals surface area contributed by atoms with Crippen molar-refractivity contribution in [2.45, 2.75) is 13.3 Å². The molecule has 0 spiro atoms. The summed E-state index contributed by atoms with van der Waals surface area (Å²) in [5.74, 6) is 0.244. The summed E-state index contributed by atoms with van der Waals surface area (Å²) in [5.41, 5.74) is 4.10. The van der Waals surface area contributed by atoms with Crippen molar-refractivity contribution in [3.8, 4) is 11.1 Å². The maximum atomic E-state index is 13.2.